The van der Waals surface area contributed by atoms with Gasteiger partial charge in [0, 0.05) is 19.1 Å². The van der Waals surface area contributed by atoms with Crippen LogP contribution in [0.3, 0.4) is 0 Å². The summed E-state index contributed by atoms with van der Waals surface area (Å²) in [7, 11) is 0. The second kappa shape index (κ2) is 8.90. The van der Waals surface area contributed by atoms with Gasteiger partial charge in [-0.3, -0.25) is 4.79 Å². The summed E-state index contributed by atoms with van der Waals surface area (Å²) in [6.45, 7) is 9.66. The first kappa shape index (κ1) is 17.8. The molecule has 0 aliphatic rings. The lowest BCUT2D eigenvalue weighted by Gasteiger charge is -2.12. The van der Waals surface area contributed by atoms with Crippen LogP contribution in [0.15, 0.2) is 18.2 Å². The minimum atomic E-state index is -0.134. The Kier molecular flexibility index (Phi) is 7.54. The van der Waals surface area contributed by atoms with Gasteiger partial charge in [0.15, 0.2) is 6.61 Å². The Morgan fingerprint density at radius 2 is 2.00 bits per heavy atom. The summed E-state index contributed by atoms with van der Waals surface area (Å²) in [4.78, 5) is 11.6. The summed E-state index contributed by atoms with van der Waals surface area (Å²) in [5.41, 5.74) is 1.09. The SMILES string of the molecule is CC(C)CNC(=O)COc1ccc(CNC(C)C)cc1Cl. The maximum atomic E-state index is 11.6. The molecule has 0 fully saturated rings. The van der Waals surface area contributed by atoms with E-state index in [1.165, 1.54) is 0 Å². The number of carbonyl (C=O) groups is 1. The summed E-state index contributed by atoms with van der Waals surface area (Å²) in [6, 6.07) is 6.03. The largest absolute Gasteiger partial charge is 0.482 e. The molecule has 21 heavy (non-hydrogen) atoms. The third kappa shape index (κ3) is 7.34. The number of nitrogens with one attached hydrogen (secondary N) is 2. The van der Waals surface area contributed by atoms with Crippen LogP contribution >= 0.6 is 11.6 Å². The fourth-order valence-electron chi connectivity index (χ4n) is 1.61. The van der Waals surface area contributed by atoms with E-state index in [4.69, 9.17) is 16.3 Å². The van der Waals surface area contributed by atoms with Crippen molar-refractivity contribution in [3.05, 3.63) is 28.8 Å². The molecule has 0 aliphatic heterocycles. The van der Waals surface area contributed by atoms with Gasteiger partial charge in [-0.05, 0) is 23.6 Å². The molecule has 1 rings (SSSR count). The van der Waals surface area contributed by atoms with E-state index in [1.54, 1.807) is 6.07 Å². The highest BCUT2D eigenvalue weighted by molar-refractivity contribution is 6.32. The summed E-state index contributed by atoms with van der Waals surface area (Å²) >= 11 is 6.17. The van der Waals surface area contributed by atoms with E-state index in [0.717, 1.165) is 12.1 Å². The molecule has 0 aromatic heterocycles. The summed E-state index contributed by atoms with van der Waals surface area (Å²) < 4.78 is 5.45. The molecular formula is C16H25ClN2O2. The summed E-state index contributed by atoms with van der Waals surface area (Å²) in [5, 5.41) is 6.64. The first-order valence-corrected chi connectivity index (χ1v) is 7.67. The van der Waals surface area contributed by atoms with Crippen molar-refractivity contribution < 1.29 is 9.53 Å². The van der Waals surface area contributed by atoms with E-state index < -0.39 is 0 Å². The van der Waals surface area contributed by atoms with Gasteiger partial charge in [-0.25, -0.2) is 0 Å². The topological polar surface area (TPSA) is 50.4 Å². The van der Waals surface area contributed by atoms with Crippen LogP contribution in [-0.4, -0.2) is 25.1 Å². The predicted octanol–water partition coefficient (Wildman–Crippen LogP) is 2.99. The number of ether oxygens (including phenoxy) is 1. The molecule has 0 spiro atoms. The summed E-state index contributed by atoms with van der Waals surface area (Å²) in [5.74, 6) is 0.820. The van der Waals surface area contributed by atoms with E-state index in [0.29, 0.717) is 29.3 Å². The molecular weight excluding hydrogens is 288 g/mol. The zero-order valence-electron chi connectivity index (χ0n) is 13.2. The molecule has 0 aliphatic carbocycles. The molecule has 2 N–H and O–H groups in total. The molecule has 118 valence electrons. The van der Waals surface area contributed by atoms with Crippen molar-refractivity contribution in [3.63, 3.8) is 0 Å². The minimum Gasteiger partial charge on any atom is -0.482 e. The first-order valence-electron chi connectivity index (χ1n) is 7.29. The minimum absolute atomic E-state index is 0.0178. The van der Waals surface area contributed by atoms with Gasteiger partial charge in [0.05, 0.1) is 5.02 Å². The van der Waals surface area contributed by atoms with Crippen LogP contribution in [0.4, 0.5) is 0 Å². The Hall–Kier alpha value is -1.26. The molecule has 0 saturated heterocycles. The lowest BCUT2D eigenvalue weighted by Crippen LogP contribution is -2.31. The molecule has 0 saturated carbocycles. The van der Waals surface area contributed by atoms with E-state index in [1.807, 2.05) is 26.0 Å². The fourth-order valence-corrected chi connectivity index (χ4v) is 1.86. The molecule has 1 amide bonds. The second-order valence-electron chi connectivity index (χ2n) is 5.79. The van der Waals surface area contributed by atoms with E-state index >= 15 is 0 Å². The molecule has 0 atom stereocenters. The number of amides is 1. The maximum absolute atomic E-state index is 11.6. The Morgan fingerprint density at radius 3 is 2.57 bits per heavy atom. The van der Waals surface area contributed by atoms with Gasteiger partial charge in [-0.2, -0.15) is 0 Å². The molecule has 0 radical (unpaired) electrons. The Bertz CT molecular complexity index is 462. The molecule has 5 heteroatoms. The predicted molar refractivity (Wildman–Crippen MR) is 86.8 cm³/mol. The standard InChI is InChI=1S/C16H25ClN2O2/c1-11(2)8-19-16(20)10-21-15-6-5-13(7-14(15)17)9-18-12(3)4/h5-7,11-12,18H,8-10H2,1-4H3,(H,19,20). The highest BCUT2D eigenvalue weighted by atomic mass is 35.5. The van der Waals surface area contributed by atoms with Crippen molar-refractivity contribution in [2.75, 3.05) is 13.2 Å². The summed E-state index contributed by atoms with van der Waals surface area (Å²) in [6.07, 6.45) is 0. The Morgan fingerprint density at radius 1 is 1.29 bits per heavy atom. The van der Waals surface area contributed by atoms with Crippen LogP contribution in [0.5, 0.6) is 5.75 Å². The lowest BCUT2D eigenvalue weighted by molar-refractivity contribution is -0.123. The molecule has 1 aromatic carbocycles. The van der Waals surface area contributed by atoms with Crippen LogP contribution in [0, 0.1) is 5.92 Å². The molecule has 4 nitrogen and oxygen atoms in total. The molecule has 1 aromatic rings. The zero-order chi connectivity index (χ0) is 15.8. The second-order valence-corrected chi connectivity index (χ2v) is 6.19. The van der Waals surface area contributed by atoms with Crippen molar-refractivity contribution in [2.45, 2.75) is 40.3 Å². The number of hydrogen-bond acceptors (Lipinski definition) is 3. The van der Waals surface area contributed by atoms with Gasteiger partial charge >= 0.3 is 0 Å². The van der Waals surface area contributed by atoms with Crippen molar-refractivity contribution in [3.8, 4) is 5.75 Å². The number of halogens is 1. The van der Waals surface area contributed by atoms with E-state index in [2.05, 4.69) is 24.5 Å². The quantitative estimate of drug-likeness (QED) is 0.776. The Balaban J connectivity index is 2.47. The lowest BCUT2D eigenvalue weighted by atomic mass is 10.2. The average molecular weight is 313 g/mol. The van der Waals surface area contributed by atoms with Crippen molar-refractivity contribution >= 4 is 17.5 Å². The number of benzene rings is 1. The van der Waals surface area contributed by atoms with Gasteiger partial charge in [-0.1, -0.05) is 45.4 Å². The van der Waals surface area contributed by atoms with E-state index in [-0.39, 0.29) is 12.5 Å². The normalized spacial score (nSPS) is 11.0. The average Bonchev–Trinajstić information content (AvgIpc) is 2.41. The van der Waals surface area contributed by atoms with Gasteiger partial charge in [0.25, 0.3) is 5.91 Å². The first-order chi connectivity index (χ1) is 9.88. The van der Waals surface area contributed by atoms with Crippen molar-refractivity contribution in [2.24, 2.45) is 5.92 Å². The Labute approximate surface area is 132 Å². The number of carbonyl (C=O) groups excluding carboxylic acids is 1. The monoisotopic (exact) mass is 312 g/mol. The third-order valence-electron chi connectivity index (χ3n) is 2.78. The fraction of sp³-hybridized carbons (Fsp3) is 0.562. The highest BCUT2D eigenvalue weighted by Gasteiger charge is 2.07. The number of hydrogen-bond donors (Lipinski definition) is 2. The van der Waals surface area contributed by atoms with Gasteiger partial charge in [0.1, 0.15) is 5.75 Å². The van der Waals surface area contributed by atoms with Crippen LogP contribution in [0.1, 0.15) is 33.3 Å². The molecule has 0 unspecified atom stereocenters. The van der Waals surface area contributed by atoms with Crippen LogP contribution in [-0.2, 0) is 11.3 Å². The molecule has 0 heterocycles. The van der Waals surface area contributed by atoms with Crippen LogP contribution in [0.2, 0.25) is 5.02 Å². The molecule has 0 bridgehead atoms. The van der Waals surface area contributed by atoms with Gasteiger partial charge in [0.2, 0.25) is 0 Å². The van der Waals surface area contributed by atoms with E-state index in [9.17, 15) is 4.79 Å². The number of rotatable bonds is 8. The van der Waals surface area contributed by atoms with Crippen molar-refractivity contribution in [1.82, 2.24) is 10.6 Å². The zero-order valence-corrected chi connectivity index (χ0v) is 14.0. The third-order valence-corrected chi connectivity index (χ3v) is 3.07. The van der Waals surface area contributed by atoms with Crippen molar-refractivity contribution in [1.29, 1.82) is 0 Å². The van der Waals surface area contributed by atoms with Gasteiger partial charge < -0.3 is 15.4 Å². The van der Waals surface area contributed by atoms with Gasteiger partial charge in [-0.15, -0.1) is 0 Å². The van der Waals surface area contributed by atoms with Crippen LogP contribution < -0.4 is 15.4 Å². The highest BCUT2D eigenvalue weighted by Crippen LogP contribution is 2.25. The van der Waals surface area contributed by atoms with Crippen LogP contribution in [0.25, 0.3) is 0 Å². The smallest absolute Gasteiger partial charge is 0.257 e. The maximum Gasteiger partial charge on any atom is 0.257 e.